The zero-order chi connectivity index (χ0) is 13.8. The summed E-state index contributed by atoms with van der Waals surface area (Å²) in [4.78, 5) is 0. The fourth-order valence-electron chi connectivity index (χ4n) is 1.92. The summed E-state index contributed by atoms with van der Waals surface area (Å²) in [5, 5.41) is 0. The van der Waals surface area contributed by atoms with Crippen LogP contribution in [-0.4, -0.2) is 7.11 Å². The Balaban J connectivity index is 2.10. The molecular formula is C16H19NO2. The molecule has 2 N–H and O–H groups in total. The number of anilines is 1. The highest BCUT2D eigenvalue weighted by Crippen LogP contribution is 2.26. The first kappa shape index (κ1) is 13.3. The van der Waals surface area contributed by atoms with Crippen LogP contribution in [0.15, 0.2) is 36.4 Å². The van der Waals surface area contributed by atoms with Crippen molar-refractivity contribution >= 4 is 5.69 Å². The van der Waals surface area contributed by atoms with Crippen molar-refractivity contribution in [2.45, 2.75) is 20.5 Å². The van der Waals surface area contributed by atoms with Gasteiger partial charge in [-0.3, -0.25) is 0 Å². The fourth-order valence-corrected chi connectivity index (χ4v) is 1.92. The number of rotatable bonds is 4. The van der Waals surface area contributed by atoms with Gasteiger partial charge < -0.3 is 15.2 Å². The van der Waals surface area contributed by atoms with E-state index in [1.807, 2.05) is 12.1 Å². The second-order valence-corrected chi connectivity index (χ2v) is 4.62. The minimum absolute atomic E-state index is 0.541. The van der Waals surface area contributed by atoms with Gasteiger partial charge >= 0.3 is 0 Å². The van der Waals surface area contributed by atoms with Crippen LogP contribution in [0.5, 0.6) is 11.5 Å². The molecule has 3 nitrogen and oxygen atoms in total. The van der Waals surface area contributed by atoms with E-state index in [0.29, 0.717) is 18.0 Å². The molecular weight excluding hydrogens is 238 g/mol. The molecule has 0 amide bonds. The lowest BCUT2D eigenvalue weighted by Crippen LogP contribution is -1.99. The lowest BCUT2D eigenvalue weighted by atomic mass is 10.1. The highest BCUT2D eigenvalue weighted by atomic mass is 16.5. The van der Waals surface area contributed by atoms with Crippen LogP contribution < -0.4 is 15.2 Å². The van der Waals surface area contributed by atoms with Gasteiger partial charge in [0, 0.05) is 6.07 Å². The van der Waals surface area contributed by atoms with Crippen molar-refractivity contribution in [1.29, 1.82) is 0 Å². The van der Waals surface area contributed by atoms with Gasteiger partial charge in [-0.2, -0.15) is 0 Å². The molecule has 100 valence electrons. The zero-order valence-electron chi connectivity index (χ0n) is 11.6. The summed E-state index contributed by atoms with van der Waals surface area (Å²) < 4.78 is 10.9. The average molecular weight is 257 g/mol. The van der Waals surface area contributed by atoms with Gasteiger partial charge in [-0.15, -0.1) is 0 Å². The summed E-state index contributed by atoms with van der Waals surface area (Å²) in [6.45, 7) is 4.70. The summed E-state index contributed by atoms with van der Waals surface area (Å²) in [5.41, 5.74) is 10.1. The molecule has 3 heteroatoms. The van der Waals surface area contributed by atoms with Crippen molar-refractivity contribution < 1.29 is 9.47 Å². The quantitative estimate of drug-likeness (QED) is 0.853. The Bertz CT molecular complexity index is 579. The lowest BCUT2D eigenvalue weighted by Gasteiger charge is -2.11. The van der Waals surface area contributed by atoms with Crippen LogP contribution in [0.25, 0.3) is 0 Å². The number of benzene rings is 2. The molecule has 0 saturated carbocycles. The fraction of sp³-hybridized carbons (Fsp3) is 0.250. The second-order valence-electron chi connectivity index (χ2n) is 4.62. The molecule has 0 fully saturated rings. The smallest absolute Gasteiger partial charge is 0.142 e. The molecule has 2 aromatic carbocycles. The molecule has 0 atom stereocenters. The molecule has 0 aliphatic carbocycles. The van der Waals surface area contributed by atoms with Crippen LogP contribution in [0.2, 0.25) is 0 Å². The topological polar surface area (TPSA) is 44.5 Å². The van der Waals surface area contributed by atoms with Crippen LogP contribution in [0, 0.1) is 13.8 Å². The van der Waals surface area contributed by atoms with Gasteiger partial charge in [-0.25, -0.2) is 0 Å². The summed E-state index contributed by atoms with van der Waals surface area (Å²) in [6.07, 6.45) is 0. The number of aryl methyl sites for hydroxylation is 2. The molecule has 0 aromatic heterocycles. The maximum absolute atomic E-state index is 5.85. The van der Waals surface area contributed by atoms with Gasteiger partial charge in [0.1, 0.15) is 18.1 Å². The molecule has 0 spiro atoms. The van der Waals surface area contributed by atoms with Crippen molar-refractivity contribution in [3.8, 4) is 11.5 Å². The Morgan fingerprint density at radius 1 is 1.05 bits per heavy atom. The Morgan fingerprint density at radius 3 is 2.53 bits per heavy atom. The van der Waals surface area contributed by atoms with Gasteiger partial charge in [0.15, 0.2) is 0 Å². The Kier molecular flexibility index (Phi) is 3.95. The zero-order valence-corrected chi connectivity index (χ0v) is 11.6. The van der Waals surface area contributed by atoms with Crippen LogP contribution in [0.3, 0.4) is 0 Å². The van der Waals surface area contributed by atoms with E-state index in [4.69, 9.17) is 15.2 Å². The van der Waals surface area contributed by atoms with E-state index in [9.17, 15) is 0 Å². The van der Waals surface area contributed by atoms with Gasteiger partial charge in [0.05, 0.1) is 12.8 Å². The first-order valence-electron chi connectivity index (χ1n) is 6.22. The maximum atomic E-state index is 5.85. The molecule has 19 heavy (non-hydrogen) atoms. The van der Waals surface area contributed by atoms with Crippen LogP contribution in [-0.2, 0) is 6.61 Å². The summed E-state index contributed by atoms with van der Waals surface area (Å²) >= 11 is 0. The van der Waals surface area contributed by atoms with Crippen LogP contribution in [0.4, 0.5) is 5.69 Å². The van der Waals surface area contributed by atoms with Gasteiger partial charge in [-0.05, 0) is 37.1 Å². The minimum Gasteiger partial charge on any atom is -0.495 e. The number of nitrogens with two attached hydrogens (primary N) is 1. The SMILES string of the molecule is COc1ccc(OCc2cc(C)ccc2C)cc1N. The van der Waals surface area contributed by atoms with E-state index < -0.39 is 0 Å². The highest BCUT2D eigenvalue weighted by Gasteiger charge is 2.03. The summed E-state index contributed by atoms with van der Waals surface area (Å²) in [5.74, 6) is 1.42. The van der Waals surface area contributed by atoms with Gasteiger partial charge in [-0.1, -0.05) is 23.8 Å². The normalized spacial score (nSPS) is 10.3. The van der Waals surface area contributed by atoms with Crippen LogP contribution >= 0.6 is 0 Å². The first-order chi connectivity index (χ1) is 9.10. The summed E-state index contributed by atoms with van der Waals surface area (Å²) in [6, 6.07) is 11.8. The van der Waals surface area contributed by atoms with E-state index in [-0.39, 0.29) is 0 Å². The maximum Gasteiger partial charge on any atom is 0.142 e. The van der Waals surface area contributed by atoms with E-state index in [1.54, 1.807) is 13.2 Å². The standard InChI is InChI=1S/C16H19NO2/c1-11-4-5-12(2)13(8-11)10-19-14-6-7-16(18-3)15(17)9-14/h4-9H,10,17H2,1-3H3. The third-order valence-corrected chi connectivity index (χ3v) is 3.10. The van der Waals surface area contributed by atoms with Crippen molar-refractivity contribution in [3.63, 3.8) is 0 Å². The molecule has 2 aromatic rings. The Morgan fingerprint density at radius 2 is 1.84 bits per heavy atom. The van der Waals surface area contributed by atoms with E-state index in [0.717, 1.165) is 5.75 Å². The number of nitrogen functional groups attached to an aromatic ring is 1. The number of hydrogen-bond acceptors (Lipinski definition) is 3. The predicted molar refractivity (Wildman–Crippen MR) is 77.7 cm³/mol. The van der Waals surface area contributed by atoms with Crippen LogP contribution in [0.1, 0.15) is 16.7 Å². The summed E-state index contributed by atoms with van der Waals surface area (Å²) in [7, 11) is 1.60. The van der Waals surface area contributed by atoms with Crippen molar-refractivity contribution in [2.24, 2.45) is 0 Å². The van der Waals surface area contributed by atoms with E-state index in [1.165, 1.54) is 16.7 Å². The van der Waals surface area contributed by atoms with Crippen molar-refractivity contribution in [1.82, 2.24) is 0 Å². The molecule has 0 aliphatic rings. The highest BCUT2D eigenvalue weighted by molar-refractivity contribution is 5.56. The first-order valence-corrected chi connectivity index (χ1v) is 6.22. The third-order valence-electron chi connectivity index (χ3n) is 3.10. The van der Waals surface area contributed by atoms with E-state index >= 15 is 0 Å². The van der Waals surface area contributed by atoms with Gasteiger partial charge in [0.25, 0.3) is 0 Å². The second kappa shape index (κ2) is 5.65. The number of ether oxygens (including phenoxy) is 2. The van der Waals surface area contributed by atoms with E-state index in [2.05, 4.69) is 32.0 Å². The molecule has 0 bridgehead atoms. The Hall–Kier alpha value is -2.16. The lowest BCUT2D eigenvalue weighted by molar-refractivity contribution is 0.305. The van der Waals surface area contributed by atoms with Crippen molar-refractivity contribution in [3.05, 3.63) is 53.1 Å². The molecule has 0 unspecified atom stereocenters. The molecule has 0 heterocycles. The predicted octanol–water partition coefficient (Wildman–Crippen LogP) is 3.47. The molecule has 0 saturated heterocycles. The molecule has 0 aliphatic heterocycles. The number of hydrogen-bond donors (Lipinski definition) is 1. The largest absolute Gasteiger partial charge is 0.495 e. The van der Waals surface area contributed by atoms with Crippen molar-refractivity contribution in [2.75, 3.05) is 12.8 Å². The molecule has 2 rings (SSSR count). The average Bonchev–Trinajstić information content (AvgIpc) is 2.40. The third kappa shape index (κ3) is 3.19. The number of methoxy groups -OCH3 is 1. The monoisotopic (exact) mass is 257 g/mol. The Labute approximate surface area is 114 Å². The van der Waals surface area contributed by atoms with Gasteiger partial charge in [0.2, 0.25) is 0 Å². The molecule has 0 radical (unpaired) electrons. The minimum atomic E-state index is 0.541.